The molecule has 0 aliphatic carbocycles. The number of aromatic nitrogens is 2. The first-order valence-electron chi connectivity index (χ1n) is 11.8. The van der Waals surface area contributed by atoms with Gasteiger partial charge in [0.25, 0.3) is 6.43 Å². The normalized spacial score (nSPS) is 18.8. The molecule has 2 aromatic carbocycles. The molecule has 37 heavy (non-hydrogen) atoms. The molecule has 3 aromatic rings. The zero-order valence-corrected chi connectivity index (χ0v) is 20.2. The van der Waals surface area contributed by atoms with E-state index < -0.39 is 36.3 Å². The Morgan fingerprint density at radius 1 is 1.11 bits per heavy atom. The van der Waals surface area contributed by atoms with Gasteiger partial charge in [-0.25, -0.2) is 17.6 Å². The minimum absolute atomic E-state index is 0.00931. The van der Waals surface area contributed by atoms with Crippen LogP contribution >= 0.6 is 0 Å². The van der Waals surface area contributed by atoms with Crippen molar-refractivity contribution in [3.05, 3.63) is 71.3 Å². The van der Waals surface area contributed by atoms with E-state index in [1.165, 1.54) is 13.2 Å². The molecule has 0 radical (unpaired) electrons. The monoisotopic (exact) mass is 520 g/mol. The van der Waals surface area contributed by atoms with E-state index in [-0.39, 0.29) is 47.9 Å². The zero-order chi connectivity index (χ0) is 26.6. The standard InChI is InChI=1S/C26H28F4N4O3/c1-37-22-12-19(27)18(11-20(22)28)21-10-17(14-35)25(33-32-21)34-9-5-8-26(15-34,23(36)24(29)30)31-13-16-6-3-2-4-7-16/h2-4,6-7,10-12,23-24,31,35-36H,5,8-9,13-15H2,1H3/t23-,26-/m1/s1. The molecule has 198 valence electrons. The zero-order valence-electron chi connectivity index (χ0n) is 20.2. The van der Waals surface area contributed by atoms with Crippen molar-refractivity contribution in [3.63, 3.8) is 0 Å². The van der Waals surface area contributed by atoms with Gasteiger partial charge >= 0.3 is 0 Å². The third-order valence-electron chi connectivity index (χ3n) is 6.65. The smallest absolute Gasteiger partial charge is 0.265 e. The second-order valence-corrected chi connectivity index (χ2v) is 9.00. The molecule has 2 atom stereocenters. The minimum atomic E-state index is -2.98. The van der Waals surface area contributed by atoms with Crippen LogP contribution < -0.4 is 15.0 Å². The van der Waals surface area contributed by atoms with E-state index in [9.17, 15) is 27.8 Å². The number of aliphatic hydroxyl groups is 2. The van der Waals surface area contributed by atoms with E-state index >= 15 is 0 Å². The number of nitrogens with zero attached hydrogens (tertiary/aromatic N) is 3. The van der Waals surface area contributed by atoms with Gasteiger partial charge in [-0.15, -0.1) is 10.2 Å². The lowest BCUT2D eigenvalue weighted by Crippen LogP contribution is -2.65. The van der Waals surface area contributed by atoms with Crippen molar-refractivity contribution in [1.82, 2.24) is 15.5 Å². The van der Waals surface area contributed by atoms with E-state index in [1.54, 1.807) is 4.90 Å². The summed E-state index contributed by atoms with van der Waals surface area (Å²) < 4.78 is 61.1. The van der Waals surface area contributed by atoms with Crippen LogP contribution in [-0.2, 0) is 13.2 Å². The molecular formula is C26H28F4N4O3. The Kier molecular flexibility index (Phi) is 8.25. The maximum atomic E-state index is 14.6. The fourth-order valence-electron chi connectivity index (χ4n) is 4.69. The highest BCUT2D eigenvalue weighted by Crippen LogP contribution is 2.34. The number of hydrogen-bond acceptors (Lipinski definition) is 7. The van der Waals surface area contributed by atoms with Crippen LogP contribution in [0.2, 0.25) is 0 Å². The molecule has 1 aliphatic heterocycles. The van der Waals surface area contributed by atoms with Gasteiger partial charge < -0.3 is 25.2 Å². The highest BCUT2D eigenvalue weighted by Gasteiger charge is 2.46. The van der Waals surface area contributed by atoms with E-state index in [4.69, 9.17) is 4.74 Å². The molecule has 3 N–H and O–H groups in total. The predicted octanol–water partition coefficient (Wildman–Crippen LogP) is 3.68. The molecule has 0 unspecified atom stereocenters. The summed E-state index contributed by atoms with van der Waals surface area (Å²) in [6, 6.07) is 12.4. The van der Waals surface area contributed by atoms with Gasteiger partial charge in [0.15, 0.2) is 17.4 Å². The Hall–Kier alpha value is -3.28. The number of halogens is 4. The second-order valence-electron chi connectivity index (χ2n) is 9.00. The third-order valence-corrected chi connectivity index (χ3v) is 6.65. The number of aliphatic hydroxyl groups excluding tert-OH is 2. The Morgan fingerprint density at radius 3 is 2.54 bits per heavy atom. The topological polar surface area (TPSA) is 90.7 Å². The number of anilines is 1. The summed E-state index contributed by atoms with van der Waals surface area (Å²) in [5.74, 6) is -1.63. The van der Waals surface area contributed by atoms with E-state index in [0.29, 0.717) is 13.0 Å². The number of hydrogen-bond donors (Lipinski definition) is 3. The number of alkyl halides is 2. The SMILES string of the molecule is COc1cc(F)c(-c2cc(CO)c(N3CCC[C@](NCc4ccccc4)([C@H](O)C(F)F)C3)nn2)cc1F. The van der Waals surface area contributed by atoms with Crippen LogP contribution in [0.1, 0.15) is 24.0 Å². The van der Waals surface area contributed by atoms with Crippen molar-refractivity contribution >= 4 is 5.82 Å². The van der Waals surface area contributed by atoms with Crippen LogP contribution in [0.25, 0.3) is 11.3 Å². The molecule has 11 heteroatoms. The Balaban J connectivity index is 1.64. The fourth-order valence-corrected chi connectivity index (χ4v) is 4.69. The summed E-state index contributed by atoms with van der Waals surface area (Å²) in [5.41, 5.74) is -0.413. The van der Waals surface area contributed by atoms with Gasteiger partial charge in [0, 0.05) is 36.8 Å². The van der Waals surface area contributed by atoms with Gasteiger partial charge in [0.05, 0.1) is 24.9 Å². The average molecular weight is 521 g/mol. The molecule has 4 rings (SSSR count). The van der Waals surface area contributed by atoms with Crippen molar-refractivity contribution in [1.29, 1.82) is 0 Å². The summed E-state index contributed by atoms with van der Waals surface area (Å²) in [5, 5.41) is 31.9. The lowest BCUT2D eigenvalue weighted by atomic mass is 9.83. The first-order valence-corrected chi connectivity index (χ1v) is 11.8. The summed E-state index contributed by atoms with van der Waals surface area (Å²) in [4.78, 5) is 1.67. The van der Waals surface area contributed by atoms with Gasteiger partial charge in [-0.2, -0.15) is 0 Å². The molecule has 1 aromatic heterocycles. The molecule has 2 heterocycles. The van der Waals surface area contributed by atoms with Gasteiger partial charge in [-0.05, 0) is 30.5 Å². The molecular weight excluding hydrogens is 492 g/mol. The number of nitrogens with one attached hydrogen (secondary N) is 1. The van der Waals surface area contributed by atoms with Crippen molar-refractivity contribution < 1.29 is 32.5 Å². The van der Waals surface area contributed by atoms with Gasteiger partial charge in [0.1, 0.15) is 11.9 Å². The predicted molar refractivity (Wildman–Crippen MR) is 129 cm³/mol. The van der Waals surface area contributed by atoms with Gasteiger partial charge in [0.2, 0.25) is 0 Å². The van der Waals surface area contributed by atoms with E-state index in [0.717, 1.165) is 17.7 Å². The van der Waals surface area contributed by atoms with Crippen LogP contribution in [0, 0.1) is 11.6 Å². The molecule has 0 spiro atoms. The lowest BCUT2D eigenvalue weighted by Gasteiger charge is -2.46. The van der Waals surface area contributed by atoms with Crippen molar-refractivity contribution in [2.75, 3.05) is 25.1 Å². The van der Waals surface area contributed by atoms with Crippen LogP contribution in [0.4, 0.5) is 23.4 Å². The molecule has 0 saturated carbocycles. The third kappa shape index (κ3) is 5.68. The number of benzene rings is 2. The summed E-state index contributed by atoms with van der Waals surface area (Å²) in [6.07, 6.45) is -4.20. The van der Waals surface area contributed by atoms with Crippen LogP contribution in [-0.4, -0.2) is 58.7 Å². The van der Waals surface area contributed by atoms with Crippen molar-refractivity contribution in [2.24, 2.45) is 0 Å². The quantitative estimate of drug-likeness (QED) is 0.371. The number of piperidine rings is 1. The molecule has 1 saturated heterocycles. The number of methoxy groups -OCH3 is 1. The van der Waals surface area contributed by atoms with Crippen LogP contribution in [0.15, 0.2) is 48.5 Å². The minimum Gasteiger partial charge on any atom is -0.494 e. The molecule has 1 aliphatic rings. The summed E-state index contributed by atoms with van der Waals surface area (Å²) in [6.45, 7) is 0.143. The highest BCUT2D eigenvalue weighted by molar-refractivity contribution is 5.64. The first-order chi connectivity index (χ1) is 17.8. The maximum absolute atomic E-state index is 14.6. The molecule has 0 amide bonds. The van der Waals surface area contributed by atoms with Crippen LogP contribution in [0.5, 0.6) is 5.75 Å². The number of rotatable bonds is 9. The molecule has 0 bridgehead atoms. The Bertz CT molecular complexity index is 1220. The van der Waals surface area contributed by atoms with Gasteiger partial charge in [-0.3, -0.25) is 0 Å². The average Bonchev–Trinajstić information content (AvgIpc) is 2.92. The summed E-state index contributed by atoms with van der Waals surface area (Å²) in [7, 11) is 1.22. The molecule has 7 nitrogen and oxygen atoms in total. The second kappa shape index (κ2) is 11.4. The Morgan fingerprint density at radius 2 is 1.86 bits per heavy atom. The number of ether oxygens (including phenoxy) is 1. The Labute approximate surface area is 211 Å². The highest BCUT2D eigenvalue weighted by atomic mass is 19.3. The van der Waals surface area contributed by atoms with Crippen molar-refractivity contribution in [3.8, 4) is 17.0 Å². The lowest BCUT2D eigenvalue weighted by molar-refractivity contribution is -0.0658. The first kappa shape index (κ1) is 26.8. The largest absolute Gasteiger partial charge is 0.494 e. The fraction of sp³-hybridized carbons (Fsp3) is 0.385. The molecule has 1 fully saturated rings. The van der Waals surface area contributed by atoms with E-state index in [1.807, 2.05) is 30.3 Å². The van der Waals surface area contributed by atoms with Crippen molar-refractivity contribution in [2.45, 2.75) is 44.1 Å². The summed E-state index contributed by atoms with van der Waals surface area (Å²) >= 11 is 0. The van der Waals surface area contributed by atoms with Crippen LogP contribution in [0.3, 0.4) is 0 Å². The van der Waals surface area contributed by atoms with Gasteiger partial charge in [-0.1, -0.05) is 30.3 Å². The van der Waals surface area contributed by atoms with E-state index in [2.05, 4.69) is 15.5 Å². The maximum Gasteiger partial charge on any atom is 0.265 e.